The van der Waals surface area contributed by atoms with Crippen LogP contribution in [0.2, 0.25) is 0 Å². The summed E-state index contributed by atoms with van der Waals surface area (Å²) < 4.78 is 39.1. The van der Waals surface area contributed by atoms with Crippen molar-refractivity contribution in [3.05, 3.63) is 58.9 Å². The van der Waals surface area contributed by atoms with Gasteiger partial charge in [0.25, 0.3) is 5.91 Å². The van der Waals surface area contributed by atoms with Crippen molar-refractivity contribution in [2.24, 2.45) is 0 Å². The standard InChI is InChI=1S/C15H11F3N4OS/c1-9-7-11(21-22(9)10-5-3-2-4-6-10)13(23)20-14-19-12(8-24-14)15(16,17)18/h2-8H,1H3,(H,19,20,23). The van der Waals surface area contributed by atoms with Gasteiger partial charge in [0.15, 0.2) is 16.5 Å². The Morgan fingerprint density at radius 3 is 2.58 bits per heavy atom. The number of carbonyl (C=O) groups is 1. The van der Waals surface area contributed by atoms with Gasteiger partial charge in [0.2, 0.25) is 0 Å². The third kappa shape index (κ3) is 3.30. The molecule has 0 unspecified atom stereocenters. The molecule has 1 aromatic carbocycles. The third-order valence-electron chi connectivity index (χ3n) is 3.14. The zero-order valence-electron chi connectivity index (χ0n) is 12.3. The molecule has 124 valence electrons. The number of anilines is 1. The van der Waals surface area contributed by atoms with E-state index in [-0.39, 0.29) is 10.8 Å². The molecule has 1 amide bonds. The number of amides is 1. The Kier molecular flexibility index (Phi) is 4.10. The normalized spacial score (nSPS) is 11.5. The second-order valence-corrected chi connectivity index (χ2v) is 5.77. The number of para-hydroxylation sites is 1. The minimum atomic E-state index is -4.54. The van der Waals surface area contributed by atoms with Gasteiger partial charge in [0.1, 0.15) is 0 Å². The number of nitrogens with one attached hydrogen (secondary N) is 1. The number of carbonyl (C=O) groups excluding carboxylic acids is 1. The lowest BCUT2D eigenvalue weighted by molar-refractivity contribution is -0.140. The van der Waals surface area contributed by atoms with Gasteiger partial charge >= 0.3 is 6.18 Å². The molecule has 0 fully saturated rings. The molecule has 3 rings (SSSR count). The summed E-state index contributed by atoms with van der Waals surface area (Å²) in [6.07, 6.45) is -4.54. The lowest BCUT2D eigenvalue weighted by Crippen LogP contribution is -2.13. The Hall–Kier alpha value is -2.68. The molecular formula is C15H11F3N4OS. The Labute approximate surface area is 138 Å². The molecule has 0 bridgehead atoms. The van der Waals surface area contributed by atoms with Crippen LogP contribution in [0.4, 0.5) is 18.3 Å². The first-order valence-electron chi connectivity index (χ1n) is 6.81. The van der Waals surface area contributed by atoms with Crippen molar-refractivity contribution < 1.29 is 18.0 Å². The van der Waals surface area contributed by atoms with Crippen LogP contribution in [0.5, 0.6) is 0 Å². The minimum absolute atomic E-state index is 0.0973. The van der Waals surface area contributed by atoms with Crippen molar-refractivity contribution in [1.82, 2.24) is 14.8 Å². The average molecular weight is 352 g/mol. The summed E-state index contributed by atoms with van der Waals surface area (Å²) in [5.74, 6) is -0.615. The van der Waals surface area contributed by atoms with E-state index < -0.39 is 17.8 Å². The topological polar surface area (TPSA) is 59.8 Å². The number of hydrogen-bond acceptors (Lipinski definition) is 4. The van der Waals surface area contributed by atoms with E-state index in [9.17, 15) is 18.0 Å². The number of aromatic nitrogens is 3. The van der Waals surface area contributed by atoms with E-state index in [1.807, 2.05) is 30.3 Å². The summed E-state index contributed by atoms with van der Waals surface area (Å²) in [6.45, 7) is 1.78. The zero-order chi connectivity index (χ0) is 17.3. The van der Waals surface area contributed by atoms with Gasteiger partial charge in [0.05, 0.1) is 5.69 Å². The molecular weight excluding hydrogens is 341 g/mol. The SMILES string of the molecule is Cc1cc(C(=O)Nc2nc(C(F)(F)F)cs2)nn1-c1ccccc1. The molecule has 5 nitrogen and oxygen atoms in total. The van der Waals surface area contributed by atoms with Crippen LogP contribution in [0.3, 0.4) is 0 Å². The van der Waals surface area contributed by atoms with E-state index in [1.165, 1.54) is 0 Å². The summed E-state index contributed by atoms with van der Waals surface area (Å²) in [6, 6.07) is 10.8. The number of benzene rings is 1. The molecule has 9 heteroatoms. The van der Waals surface area contributed by atoms with Crippen molar-refractivity contribution in [3.8, 4) is 5.69 Å². The Balaban J connectivity index is 1.80. The fraction of sp³-hybridized carbons (Fsp3) is 0.133. The number of thiazole rings is 1. The molecule has 2 aromatic heterocycles. The van der Waals surface area contributed by atoms with Crippen LogP contribution in [-0.4, -0.2) is 20.7 Å². The highest BCUT2D eigenvalue weighted by Gasteiger charge is 2.34. The van der Waals surface area contributed by atoms with Crippen molar-refractivity contribution in [3.63, 3.8) is 0 Å². The molecule has 3 aromatic rings. The Morgan fingerprint density at radius 1 is 1.25 bits per heavy atom. The molecule has 0 saturated carbocycles. The molecule has 2 heterocycles. The van der Waals surface area contributed by atoms with Crippen LogP contribution in [0.25, 0.3) is 5.69 Å². The number of halogens is 3. The number of hydrogen-bond donors (Lipinski definition) is 1. The zero-order valence-corrected chi connectivity index (χ0v) is 13.1. The molecule has 0 aliphatic heterocycles. The second kappa shape index (κ2) is 6.08. The monoisotopic (exact) mass is 352 g/mol. The van der Waals surface area contributed by atoms with Gasteiger partial charge < -0.3 is 0 Å². The number of rotatable bonds is 3. The highest BCUT2D eigenvalue weighted by atomic mass is 32.1. The van der Waals surface area contributed by atoms with Crippen molar-refractivity contribution in [2.45, 2.75) is 13.1 Å². The highest BCUT2D eigenvalue weighted by molar-refractivity contribution is 7.14. The molecule has 0 radical (unpaired) electrons. The van der Waals surface area contributed by atoms with Crippen LogP contribution in [0, 0.1) is 6.92 Å². The predicted octanol–water partition coefficient (Wildman–Crippen LogP) is 3.91. The van der Waals surface area contributed by atoms with E-state index in [2.05, 4.69) is 15.4 Å². The fourth-order valence-electron chi connectivity index (χ4n) is 2.04. The maximum atomic E-state index is 12.5. The molecule has 0 aliphatic rings. The number of aryl methyl sites for hydroxylation is 1. The molecule has 0 spiro atoms. The summed E-state index contributed by atoms with van der Waals surface area (Å²) in [5, 5.41) is 7.25. The van der Waals surface area contributed by atoms with E-state index in [0.717, 1.165) is 16.8 Å². The first-order chi connectivity index (χ1) is 11.3. The van der Waals surface area contributed by atoms with Crippen LogP contribution in [-0.2, 0) is 6.18 Å². The van der Waals surface area contributed by atoms with Gasteiger partial charge in [-0.3, -0.25) is 10.1 Å². The van der Waals surface area contributed by atoms with E-state index in [4.69, 9.17) is 0 Å². The van der Waals surface area contributed by atoms with Gasteiger partial charge in [0, 0.05) is 11.1 Å². The molecule has 24 heavy (non-hydrogen) atoms. The summed E-state index contributed by atoms with van der Waals surface area (Å²) >= 11 is 0.709. The van der Waals surface area contributed by atoms with E-state index in [0.29, 0.717) is 11.3 Å². The predicted molar refractivity (Wildman–Crippen MR) is 83.4 cm³/mol. The molecule has 1 N–H and O–H groups in total. The quantitative estimate of drug-likeness (QED) is 0.777. The van der Waals surface area contributed by atoms with Crippen molar-refractivity contribution in [2.75, 3.05) is 5.32 Å². The number of nitrogens with zero attached hydrogens (tertiary/aromatic N) is 3. The van der Waals surface area contributed by atoms with Crippen molar-refractivity contribution in [1.29, 1.82) is 0 Å². The van der Waals surface area contributed by atoms with Gasteiger partial charge in [-0.2, -0.15) is 18.3 Å². The van der Waals surface area contributed by atoms with Gasteiger partial charge in [-0.1, -0.05) is 18.2 Å². The van der Waals surface area contributed by atoms with Crippen molar-refractivity contribution >= 4 is 22.4 Å². The van der Waals surface area contributed by atoms with Crippen LogP contribution in [0.1, 0.15) is 21.9 Å². The van der Waals surface area contributed by atoms with Gasteiger partial charge in [-0.05, 0) is 25.1 Å². The smallest absolute Gasteiger partial charge is 0.296 e. The second-order valence-electron chi connectivity index (χ2n) is 4.91. The lowest BCUT2D eigenvalue weighted by Gasteiger charge is -2.03. The first-order valence-corrected chi connectivity index (χ1v) is 7.69. The first kappa shape index (κ1) is 16.2. The van der Waals surface area contributed by atoms with E-state index >= 15 is 0 Å². The van der Waals surface area contributed by atoms with Crippen LogP contribution < -0.4 is 5.32 Å². The summed E-state index contributed by atoms with van der Waals surface area (Å²) in [7, 11) is 0. The number of alkyl halides is 3. The molecule has 0 saturated heterocycles. The van der Waals surface area contributed by atoms with E-state index in [1.54, 1.807) is 17.7 Å². The summed E-state index contributed by atoms with van der Waals surface area (Å²) in [4.78, 5) is 15.5. The van der Waals surface area contributed by atoms with Gasteiger partial charge in [-0.15, -0.1) is 11.3 Å². The highest BCUT2D eigenvalue weighted by Crippen LogP contribution is 2.31. The van der Waals surface area contributed by atoms with Crippen LogP contribution >= 0.6 is 11.3 Å². The molecule has 0 atom stereocenters. The Bertz CT molecular complexity index is 870. The maximum Gasteiger partial charge on any atom is 0.434 e. The fourth-order valence-corrected chi connectivity index (χ4v) is 2.75. The third-order valence-corrected chi connectivity index (χ3v) is 3.89. The maximum absolute atomic E-state index is 12.5. The minimum Gasteiger partial charge on any atom is -0.296 e. The Morgan fingerprint density at radius 2 is 1.96 bits per heavy atom. The lowest BCUT2D eigenvalue weighted by atomic mass is 10.3. The molecule has 0 aliphatic carbocycles. The summed E-state index contributed by atoms with van der Waals surface area (Å²) in [5.41, 5.74) is 0.568. The van der Waals surface area contributed by atoms with Crippen LogP contribution in [0.15, 0.2) is 41.8 Å². The average Bonchev–Trinajstić information content (AvgIpc) is 3.14. The largest absolute Gasteiger partial charge is 0.434 e. The van der Waals surface area contributed by atoms with Gasteiger partial charge in [-0.25, -0.2) is 9.67 Å².